The van der Waals surface area contributed by atoms with Crippen LogP contribution in [0, 0.1) is 13.8 Å². The summed E-state index contributed by atoms with van der Waals surface area (Å²) < 4.78 is 5.73. The summed E-state index contributed by atoms with van der Waals surface area (Å²) >= 11 is 6.10. The molecule has 0 bridgehead atoms. The van der Waals surface area contributed by atoms with Gasteiger partial charge in [-0.25, -0.2) is 0 Å². The summed E-state index contributed by atoms with van der Waals surface area (Å²) in [5.41, 5.74) is 3.11. The molecule has 0 aromatic heterocycles. The molecular formula is C24H31ClN2O3. The molecule has 0 radical (unpaired) electrons. The van der Waals surface area contributed by atoms with Gasteiger partial charge in [0.25, 0.3) is 5.91 Å². The third-order valence-corrected chi connectivity index (χ3v) is 5.49. The number of halogens is 1. The number of carbonyl (C=O) groups is 2. The number of ether oxygens (including phenoxy) is 1. The lowest BCUT2D eigenvalue weighted by atomic mass is 10.1. The van der Waals surface area contributed by atoms with Gasteiger partial charge in [-0.05, 0) is 75.1 Å². The molecule has 1 N–H and O–H groups in total. The van der Waals surface area contributed by atoms with E-state index < -0.39 is 6.04 Å². The van der Waals surface area contributed by atoms with Crippen molar-refractivity contribution in [1.82, 2.24) is 10.2 Å². The summed E-state index contributed by atoms with van der Waals surface area (Å²) in [6.07, 6.45) is 0.816. The Balaban J connectivity index is 2.16. The fraction of sp³-hybridized carbons (Fsp3) is 0.417. The molecule has 2 rings (SSSR count). The van der Waals surface area contributed by atoms with Gasteiger partial charge in [-0.1, -0.05) is 36.7 Å². The average molecular weight is 431 g/mol. The van der Waals surface area contributed by atoms with Crippen molar-refractivity contribution in [1.29, 1.82) is 0 Å². The molecule has 162 valence electrons. The molecule has 0 heterocycles. The summed E-state index contributed by atoms with van der Waals surface area (Å²) in [5.74, 6) is 0.178. The van der Waals surface area contributed by atoms with E-state index >= 15 is 0 Å². The average Bonchev–Trinajstić information content (AvgIpc) is 2.72. The van der Waals surface area contributed by atoms with Crippen LogP contribution in [0.25, 0.3) is 0 Å². The van der Waals surface area contributed by atoms with E-state index in [1.165, 1.54) is 4.90 Å². The number of benzene rings is 2. The molecule has 0 aliphatic heterocycles. The monoisotopic (exact) mass is 430 g/mol. The van der Waals surface area contributed by atoms with Crippen molar-refractivity contribution in [3.05, 3.63) is 64.2 Å². The molecule has 0 saturated carbocycles. The second kappa shape index (κ2) is 11.0. The second-order valence-corrected chi connectivity index (χ2v) is 8.12. The number of amides is 2. The van der Waals surface area contributed by atoms with E-state index in [-0.39, 0.29) is 31.0 Å². The van der Waals surface area contributed by atoms with Gasteiger partial charge in [-0.3, -0.25) is 9.59 Å². The zero-order valence-corrected chi connectivity index (χ0v) is 19.1. The number of hydrogen-bond donors (Lipinski definition) is 1. The quantitative estimate of drug-likeness (QED) is 0.629. The van der Waals surface area contributed by atoms with Crippen LogP contribution in [0.3, 0.4) is 0 Å². The van der Waals surface area contributed by atoms with Gasteiger partial charge in [0.15, 0.2) is 6.61 Å². The van der Waals surface area contributed by atoms with E-state index in [2.05, 4.69) is 5.32 Å². The molecule has 2 amide bonds. The third kappa shape index (κ3) is 6.77. The second-order valence-electron chi connectivity index (χ2n) is 7.68. The Morgan fingerprint density at radius 2 is 1.83 bits per heavy atom. The topological polar surface area (TPSA) is 58.6 Å². The highest BCUT2D eigenvalue weighted by Crippen LogP contribution is 2.18. The van der Waals surface area contributed by atoms with E-state index in [1.807, 2.05) is 58.0 Å². The minimum absolute atomic E-state index is 0.0369. The molecule has 0 fully saturated rings. The van der Waals surface area contributed by atoms with Crippen LogP contribution in [0.1, 0.15) is 43.9 Å². The number of aryl methyl sites for hydroxylation is 2. The van der Waals surface area contributed by atoms with Gasteiger partial charge in [0.2, 0.25) is 5.91 Å². The van der Waals surface area contributed by atoms with Gasteiger partial charge in [0.1, 0.15) is 11.8 Å². The minimum atomic E-state index is -0.645. The highest BCUT2D eigenvalue weighted by atomic mass is 35.5. The SMILES string of the molecule is CC[C@@H](C)NC(=O)[C@@H](C)N(Cc1cccc(Cl)c1)C(=O)COc1ccc(C)c(C)c1. The number of nitrogens with one attached hydrogen (secondary N) is 1. The van der Waals surface area contributed by atoms with Gasteiger partial charge in [0, 0.05) is 17.6 Å². The first-order valence-electron chi connectivity index (χ1n) is 10.3. The van der Waals surface area contributed by atoms with Gasteiger partial charge in [0.05, 0.1) is 0 Å². The summed E-state index contributed by atoms with van der Waals surface area (Å²) in [6.45, 7) is 9.81. The molecular weight excluding hydrogens is 400 g/mol. The predicted molar refractivity (Wildman–Crippen MR) is 121 cm³/mol. The van der Waals surface area contributed by atoms with Crippen LogP contribution in [0.15, 0.2) is 42.5 Å². The Bertz CT molecular complexity index is 885. The first-order chi connectivity index (χ1) is 14.2. The molecule has 0 aliphatic carbocycles. The molecule has 0 aliphatic rings. The van der Waals surface area contributed by atoms with Crippen molar-refractivity contribution in [3.63, 3.8) is 0 Å². The van der Waals surface area contributed by atoms with Crippen molar-refractivity contribution in [2.75, 3.05) is 6.61 Å². The van der Waals surface area contributed by atoms with Crippen LogP contribution in [-0.2, 0) is 16.1 Å². The van der Waals surface area contributed by atoms with Crippen LogP contribution >= 0.6 is 11.6 Å². The van der Waals surface area contributed by atoms with Crippen LogP contribution in [-0.4, -0.2) is 35.4 Å². The van der Waals surface area contributed by atoms with E-state index in [0.29, 0.717) is 10.8 Å². The molecule has 5 nitrogen and oxygen atoms in total. The lowest BCUT2D eigenvalue weighted by Crippen LogP contribution is -2.50. The maximum atomic E-state index is 13.0. The fourth-order valence-corrected chi connectivity index (χ4v) is 3.12. The van der Waals surface area contributed by atoms with Crippen LogP contribution in [0.5, 0.6) is 5.75 Å². The summed E-state index contributed by atoms with van der Waals surface area (Å²) in [4.78, 5) is 27.3. The largest absolute Gasteiger partial charge is 0.484 e. The number of hydrogen-bond acceptors (Lipinski definition) is 3. The Morgan fingerprint density at radius 1 is 1.10 bits per heavy atom. The van der Waals surface area contributed by atoms with Crippen molar-refractivity contribution in [2.45, 2.75) is 59.7 Å². The van der Waals surface area contributed by atoms with Gasteiger partial charge < -0.3 is 15.0 Å². The lowest BCUT2D eigenvalue weighted by Gasteiger charge is -2.29. The van der Waals surface area contributed by atoms with Crippen molar-refractivity contribution in [3.8, 4) is 5.75 Å². The Kier molecular flexibility index (Phi) is 8.72. The van der Waals surface area contributed by atoms with E-state index in [9.17, 15) is 9.59 Å². The van der Waals surface area contributed by atoms with Crippen molar-refractivity contribution >= 4 is 23.4 Å². The van der Waals surface area contributed by atoms with Crippen LogP contribution in [0.2, 0.25) is 5.02 Å². The zero-order valence-electron chi connectivity index (χ0n) is 18.4. The number of nitrogens with zero attached hydrogens (tertiary/aromatic N) is 1. The fourth-order valence-electron chi connectivity index (χ4n) is 2.91. The predicted octanol–water partition coefficient (Wildman–Crippen LogP) is 4.67. The highest BCUT2D eigenvalue weighted by molar-refractivity contribution is 6.30. The van der Waals surface area contributed by atoms with E-state index in [0.717, 1.165) is 23.1 Å². The molecule has 0 spiro atoms. The third-order valence-electron chi connectivity index (χ3n) is 5.25. The normalized spacial score (nSPS) is 12.7. The first kappa shape index (κ1) is 23.7. The standard InChI is InChI=1S/C24H31ClN2O3/c1-6-18(4)26-24(29)19(5)27(14-20-8-7-9-21(25)13-20)23(28)15-30-22-11-10-16(2)17(3)12-22/h7-13,18-19H,6,14-15H2,1-5H3,(H,26,29)/t18-,19-/m1/s1. The molecule has 0 saturated heterocycles. The van der Waals surface area contributed by atoms with E-state index in [1.54, 1.807) is 19.1 Å². The van der Waals surface area contributed by atoms with Gasteiger partial charge in [-0.15, -0.1) is 0 Å². The number of rotatable bonds is 9. The first-order valence-corrected chi connectivity index (χ1v) is 10.6. The lowest BCUT2D eigenvalue weighted by molar-refractivity contribution is -0.142. The maximum Gasteiger partial charge on any atom is 0.261 e. The van der Waals surface area contributed by atoms with Crippen LogP contribution in [0.4, 0.5) is 0 Å². The minimum Gasteiger partial charge on any atom is -0.484 e. The number of carbonyl (C=O) groups excluding carboxylic acids is 2. The Hall–Kier alpha value is -2.53. The van der Waals surface area contributed by atoms with Crippen molar-refractivity contribution in [2.24, 2.45) is 0 Å². The molecule has 30 heavy (non-hydrogen) atoms. The molecule has 2 atom stereocenters. The zero-order chi connectivity index (χ0) is 22.3. The highest BCUT2D eigenvalue weighted by Gasteiger charge is 2.27. The Labute approximate surface area is 184 Å². The molecule has 0 unspecified atom stereocenters. The van der Waals surface area contributed by atoms with Gasteiger partial charge in [-0.2, -0.15) is 0 Å². The van der Waals surface area contributed by atoms with Gasteiger partial charge >= 0.3 is 0 Å². The Morgan fingerprint density at radius 3 is 2.47 bits per heavy atom. The maximum absolute atomic E-state index is 13.0. The smallest absolute Gasteiger partial charge is 0.261 e. The summed E-state index contributed by atoms with van der Waals surface area (Å²) in [7, 11) is 0. The van der Waals surface area contributed by atoms with Crippen LogP contribution < -0.4 is 10.1 Å². The molecule has 2 aromatic rings. The molecule has 6 heteroatoms. The van der Waals surface area contributed by atoms with E-state index in [4.69, 9.17) is 16.3 Å². The van der Waals surface area contributed by atoms with Crippen molar-refractivity contribution < 1.29 is 14.3 Å². The molecule has 2 aromatic carbocycles. The summed E-state index contributed by atoms with van der Waals surface area (Å²) in [6, 6.07) is 12.4. The summed E-state index contributed by atoms with van der Waals surface area (Å²) in [5, 5.41) is 3.54.